The number of nitrogens with two attached hydrogens (primary N) is 1. The number of halogens is 1. The summed E-state index contributed by atoms with van der Waals surface area (Å²) >= 11 is 0. The van der Waals surface area contributed by atoms with Gasteiger partial charge in [0.05, 0.1) is 16.5 Å². The zero-order valence-corrected chi connectivity index (χ0v) is 18.2. The highest BCUT2D eigenvalue weighted by Crippen LogP contribution is 2.36. The lowest BCUT2D eigenvalue weighted by Gasteiger charge is -2.17. The van der Waals surface area contributed by atoms with E-state index in [0.29, 0.717) is 23.6 Å². The summed E-state index contributed by atoms with van der Waals surface area (Å²) in [5.74, 6) is 0.762. The van der Waals surface area contributed by atoms with Crippen LogP contribution in [0.4, 0.5) is 0 Å². The lowest BCUT2D eigenvalue weighted by Crippen LogP contribution is -2.34. The van der Waals surface area contributed by atoms with Crippen molar-refractivity contribution in [2.75, 3.05) is 0 Å². The number of aromatic amines is 1. The molecule has 1 aliphatic rings. The molecule has 0 bridgehead atoms. The Labute approximate surface area is 179 Å². The van der Waals surface area contributed by atoms with Crippen LogP contribution in [0.25, 0.3) is 22.5 Å². The Balaban J connectivity index is 0.00000256. The van der Waals surface area contributed by atoms with Crippen molar-refractivity contribution in [2.45, 2.75) is 70.9 Å². The Morgan fingerprint density at radius 1 is 1.27 bits per heavy atom. The minimum Gasteiger partial charge on any atom is -0.334 e. The molecule has 0 saturated heterocycles. The van der Waals surface area contributed by atoms with Gasteiger partial charge in [-0.3, -0.25) is 14.3 Å². The number of nitrogens with one attached hydrogen (secondary N) is 1. The molecule has 1 fully saturated rings. The van der Waals surface area contributed by atoms with Crippen LogP contribution in [0.3, 0.4) is 0 Å². The van der Waals surface area contributed by atoms with Crippen LogP contribution in [0.1, 0.15) is 70.3 Å². The standard InChI is InChI=1S/C20H26N6O3.ClH/c1-4-9-26-15-14(16(27)23-19(26)28)12(10-13(22-15)11(2)3)17-24-18(25-29-17)20(21)7-5-6-8-20;/h10-11H,4-9,21H2,1-3H3,(H,23,27,28);1H. The maximum atomic E-state index is 12.7. The first-order valence-corrected chi connectivity index (χ1v) is 10.2. The largest absolute Gasteiger partial charge is 0.334 e. The molecule has 0 radical (unpaired) electrons. The smallest absolute Gasteiger partial charge is 0.329 e. The number of nitrogens with zero attached hydrogens (tertiary/aromatic N) is 4. The third kappa shape index (κ3) is 3.67. The van der Waals surface area contributed by atoms with E-state index in [9.17, 15) is 9.59 Å². The molecule has 4 rings (SSSR count). The maximum absolute atomic E-state index is 12.7. The summed E-state index contributed by atoms with van der Waals surface area (Å²) in [5, 5.41) is 4.39. The molecule has 0 amide bonds. The third-order valence-corrected chi connectivity index (χ3v) is 5.60. The summed E-state index contributed by atoms with van der Waals surface area (Å²) in [6.45, 7) is 6.41. The average Bonchev–Trinajstić information content (AvgIpc) is 3.34. The number of fused-ring (bicyclic) bond motifs is 1. The summed E-state index contributed by atoms with van der Waals surface area (Å²) in [7, 11) is 0. The molecule has 3 aromatic heterocycles. The second-order valence-electron chi connectivity index (χ2n) is 8.15. The van der Waals surface area contributed by atoms with Crippen molar-refractivity contribution in [1.29, 1.82) is 0 Å². The van der Waals surface area contributed by atoms with Gasteiger partial charge < -0.3 is 10.3 Å². The van der Waals surface area contributed by atoms with E-state index >= 15 is 0 Å². The summed E-state index contributed by atoms with van der Waals surface area (Å²) in [6, 6.07) is 1.79. The molecule has 0 aromatic carbocycles. The van der Waals surface area contributed by atoms with Gasteiger partial charge in [-0.05, 0) is 31.2 Å². The van der Waals surface area contributed by atoms with Crippen molar-refractivity contribution in [3.05, 3.63) is 38.4 Å². The first-order valence-electron chi connectivity index (χ1n) is 10.2. The highest BCUT2D eigenvalue weighted by atomic mass is 35.5. The van der Waals surface area contributed by atoms with E-state index in [0.717, 1.165) is 37.8 Å². The van der Waals surface area contributed by atoms with Crippen LogP contribution in [-0.4, -0.2) is 24.7 Å². The second kappa shape index (κ2) is 8.31. The zero-order chi connectivity index (χ0) is 20.8. The van der Waals surface area contributed by atoms with Crippen LogP contribution >= 0.6 is 12.4 Å². The quantitative estimate of drug-likeness (QED) is 0.630. The average molecular weight is 435 g/mol. The molecule has 10 heteroatoms. The molecule has 1 aliphatic carbocycles. The summed E-state index contributed by atoms with van der Waals surface area (Å²) in [6.07, 6.45) is 4.39. The molecule has 0 spiro atoms. The fourth-order valence-electron chi connectivity index (χ4n) is 3.95. The number of H-pyrrole nitrogens is 1. The lowest BCUT2D eigenvalue weighted by molar-refractivity contribution is 0.373. The first-order chi connectivity index (χ1) is 13.8. The van der Waals surface area contributed by atoms with Gasteiger partial charge in [0.2, 0.25) is 0 Å². The van der Waals surface area contributed by atoms with Gasteiger partial charge in [0, 0.05) is 12.2 Å². The Hall–Kier alpha value is -2.52. The molecule has 162 valence electrons. The van der Waals surface area contributed by atoms with Crippen LogP contribution in [0, 0.1) is 0 Å². The molecule has 0 atom stereocenters. The minimum absolute atomic E-state index is 0. The molecule has 0 unspecified atom stereocenters. The van der Waals surface area contributed by atoms with Gasteiger partial charge in [0.15, 0.2) is 11.5 Å². The highest BCUT2D eigenvalue weighted by Gasteiger charge is 2.36. The van der Waals surface area contributed by atoms with Crippen LogP contribution in [0.15, 0.2) is 20.2 Å². The van der Waals surface area contributed by atoms with E-state index in [-0.39, 0.29) is 29.6 Å². The van der Waals surface area contributed by atoms with Gasteiger partial charge >= 0.3 is 5.69 Å². The van der Waals surface area contributed by atoms with Crippen molar-refractivity contribution in [1.82, 2.24) is 24.7 Å². The van der Waals surface area contributed by atoms with E-state index in [1.807, 2.05) is 20.8 Å². The van der Waals surface area contributed by atoms with Gasteiger partial charge in [0.25, 0.3) is 11.4 Å². The SMILES string of the molecule is CCCn1c(=O)[nH]c(=O)c2c(-c3nc(C4(N)CCCC4)no3)cc(C(C)C)nc21.Cl. The first kappa shape index (κ1) is 22.2. The fraction of sp³-hybridized carbons (Fsp3) is 0.550. The number of aromatic nitrogens is 5. The molecular weight excluding hydrogens is 408 g/mol. The van der Waals surface area contributed by atoms with E-state index < -0.39 is 16.8 Å². The van der Waals surface area contributed by atoms with E-state index in [4.69, 9.17) is 10.3 Å². The van der Waals surface area contributed by atoms with Gasteiger partial charge in [-0.15, -0.1) is 12.4 Å². The fourth-order valence-corrected chi connectivity index (χ4v) is 3.95. The zero-order valence-electron chi connectivity index (χ0n) is 17.4. The van der Waals surface area contributed by atoms with Gasteiger partial charge in [-0.1, -0.05) is 38.8 Å². The van der Waals surface area contributed by atoms with Gasteiger partial charge in [-0.25, -0.2) is 9.78 Å². The number of rotatable bonds is 5. The second-order valence-corrected chi connectivity index (χ2v) is 8.15. The molecule has 9 nitrogen and oxygen atoms in total. The predicted octanol–water partition coefficient (Wildman–Crippen LogP) is 2.82. The van der Waals surface area contributed by atoms with Crippen molar-refractivity contribution >= 4 is 23.4 Å². The third-order valence-electron chi connectivity index (χ3n) is 5.60. The van der Waals surface area contributed by atoms with Crippen LogP contribution in [0.5, 0.6) is 0 Å². The van der Waals surface area contributed by atoms with Crippen molar-refractivity contribution < 1.29 is 4.52 Å². The van der Waals surface area contributed by atoms with E-state index in [1.165, 1.54) is 4.57 Å². The Morgan fingerprint density at radius 3 is 2.60 bits per heavy atom. The van der Waals surface area contributed by atoms with Gasteiger partial charge in [0.1, 0.15) is 0 Å². The van der Waals surface area contributed by atoms with Crippen molar-refractivity contribution in [3.63, 3.8) is 0 Å². The lowest BCUT2D eigenvalue weighted by atomic mass is 9.98. The molecule has 0 aliphatic heterocycles. The van der Waals surface area contributed by atoms with E-state index in [1.54, 1.807) is 6.07 Å². The number of hydrogen-bond acceptors (Lipinski definition) is 7. The highest BCUT2D eigenvalue weighted by molar-refractivity contribution is 5.90. The van der Waals surface area contributed by atoms with Crippen LogP contribution in [0.2, 0.25) is 0 Å². The molecule has 30 heavy (non-hydrogen) atoms. The summed E-state index contributed by atoms with van der Waals surface area (Å²) in [4.78, 5) is 36.7. The normalized spacial score (nSPS) is 15.6. The molecule has 3 N–H and O–H groups in total. The number of aryl methyl sites for hydroxylation is 1. The Kier molecular flexibility index (Phi) is 6.14. The van der Waals surface area contributed by atoms with Crippen LogP contribution < -0.4 is 17.0 Å². The minimum atomic E-state index is -0.595. The van der Waals surface area contributed by atoms with Crippen LogP contribution in [-0.2, 0) is 12.1 Å². The molecule has 3 aromatic rings. The summed E-state index contributed by atoms with van der Waals surface area (Å²) < 4.78 is 7.04. The van der Waals surface area contributed by atoms with Crippen molar-refractivity contribution in [3.8, 4) is 11.5 Å². The summed E-state index contributed by atoms with van der Waals surface area (Å²) in [5.41, 5.74) is 6.44. The molecule has 1 saturated carbocycles. The molecular formula is C20H27ClN6O3. The topological polar surface area (TPSA) is 133 Å². The maximum Gasteiger partial charge on any atom is 0.329 e. The Bertz CT molecular complexity index is 1170. The van der Waals surface area contributed by atoms with Crippen molar-refractivity contribution in [2.24, 2.45) is 5.73 Å². The predicted molar refractivity (Wildman–Crippen MR) is 116 cm³/mol. The number of hydrogen-bond donors (Lipinski definition) is 2. The Morgan fingerprint density at radius 2 is 1.97 bits per heavy atom. The monoisotopic (exact) mass is 434 g/mol. The van der Waals surface area contributed by atoms with E-state index in [2.05, 4.69) is 20.1 Å². The van der Waals surface area contributed by atoms with Gasteiger partial charge in [-0.2, -0.15) is 4.98 Å². The number of pyridine rings is 1. The molecule has 3 heterocycles.